The van der Waals surface area contributed by atoms with Crippen molar-refractivity contribution in [2.24, 2.45) is 0 Å². The Morgan fingerprint density at radius 2 is 2.11 bits per heavy atom. The fourth-order valence-electron chi connectivity index (χ4n) is 1.73. The van der Waals surface area contributed by atoms with Gasteiger partial charge in [-0.05, 0) is 25.3 Å². The molecule has 2 N–H and O–H groups in total. The zero-order valence-corrected chi connectivity index (χ0v) is 10.8. The summed E-state index contributed by atoms with van der Waals surface area (Å²) in [5.74, 6) is -1.20. The number of nitrogens with one attached hydrogen (secondary N) is 1. The molecule has 1 amide bonds. The highest BCUT2D eigenvalue weighted by Crippen LogP contribution is 2.06. The third kappa shape index (κ3) is 4.57. The highest BCUT2D eigenvalue weighted by Gasteiger charge is 2.16. The van der Waals surface area contributed by atoms with Gasteiger partial charge >= 0.3 is 5.97 Å². The predicted octanol–water partition coefficient (Wildman–Crippen LogP) is 1.91. The molecule has 0 aromatic heterocycles. The molecule has 0 fully saturated rings. The van der Waals surface area contributed by atoms with E-state index in [2.05, 4.69) is 5.32 Å². The number of aliphatic carboxylic acids is 1. The minimum absolute atomic E-state index is 0.217. The Hall–Kier alpha value is -1.84. The molecular formula is C14H19NO3. The van der Waals surface area contributed by atoms with Crippen LogP contribution in [0.15, 0.2) is 24.3 Å². The minimum atomic E-state index is -0.985. The summed E-state index contributed by atoms with van der Waals surface area (Å²) in [6.07, 6.45) is 1.34. The van der Waals surface area contributed by atoms with Crippen molar-refractivity contribution in [3.05, 3.63) is 35.4 Å². The van der Waals surface area contributed by atoms with Gasteiger partial charge in [-0.3, -0.25) is 4.79 Å². The van der Waals surface area contributed by atoms with Crippen molar-refractivity contribution in [3.63, 3.8) is 0 Å². The van der Waals surface area contributed by atoms with Crippen LogP contribution in [0.2, 0.25) is 0 Å². The summed E-state index contributed by atoms with van der Waals surface area (Å²) >= 11 is 0. The average molecular weight is 249 g/mol. The molecule has 4 heteroatoms. The van der Waals surface area contributed by atoms with Gasteiger partial charge in [-0.2, -0.15) is 0 Å². The predicted molar refractivity (Wildman–Crippen MR) is 69.4 cm³/mol. The molecule has 1 aromatic carbocycles. The summed E-state index contributed by atoms with van der Waals surface area (Å²) < 4.78 is 0. The van der Waals surface area contributed by atoms with Crippen LogP contribution in [-0.4, -0.2) is 23.0 Å². The molecule has 0 radical (unpaired) electrons. The molecule has 1 aromatic rings. The molecule has 1 atom stereocenters. The van der Waals surface area contributed by atoms with Crippen molar-refractivity contribution in [2.75, 3.05) is 0 Å². The van der Waals surface area contributed by atoms with E-state index in [9.17, 15) is 9.59 Å². The van der Waals surface area contributed by atoms with E-state index in [4.69, 9.17) is 5.11 Å². The smallest absolute Gasteiger partial charge is 0.326 e. The second-order valence-electron chi connectivity index (χ2n) is 4.36. The summed E-state index contributed by atoms with van der Waals surface area (Å²) in [4.78, 5) is 22.4. The van der Waals surface area contributed by atoms with Crippen molar-refractivity contribution in [1.82, 2.24) is 5.32 Å². The van der Waals surface area contributed by atoms with Crippen LogP contribution >= 0.6 is 0 Å². The standard InChI is InChI=1S/C14H19NO3/c1-3-12(14(17)18)15-13(16)8-7-11-6-4-5-10(2)9-11/h4-6,9,12H,3,7-8H2,1-2H3,(H,15,16)(H,17,18). The first-order valence-corrected chi connectivity index (χ1v) is 6.10. The van der Waals surface area contributed by atoms with E-state index in [1.54, 1.807) is 6.92 Å². The first kappa shape index (κ1) is 14.2. The molecule has 1 rings (SSSR count). The van der Waals surface area contributed by atoms with Gasteiger partial charge in [0.05, 0.1) is 0 Å². The Morgan fingerprint density at radius 1 is 1.39 bits per heavy atom. The second kappa shape index (κ2) is 6.79. The largest absolute Gasteiger partial charge is 0.480 e. The van der Waals surface area contributed by atoms with Crippen molar-refractivity contribution < 1.29 is 14.7 Å². The van der Waals surface area contributed by atoms with Gasteiger partial charge in [-0.15, -0.1) is 0 Å². The fourth-order valence-corrected chi connectivity index (χ4v) is 1.73. The lowest BCUT2D eigenvalue weighted by Gasteiger charge is -2.12. The van der Waals surface area contributed by atoms with Crippen LogP contribution in [0.3, 0.4) is 0 Å². The Bertz CT molecular complexity index is 429. The van der Waals surface area contributed by atoms with Gasteiger partial charge in [0, 0.05) is 6.42 Å². The van der Waals surface area contributed by atoms with Gasteiger partial charge in [0.15, 0.2) is 0 Å². The first-order valence-electron chi connectivity index (χ1n) is 6.10. The number of hydrogen-bond donors (Lipinski definition) is 2. The van der Waals surface area contributed by atoms with Crippen LogP contribution in [0.5, 0.6) is 0 Å². The Labute approximate surface area is 107 Å². The van der Waals surface area contributed by atoms with E-state index in [1.165, 1.54) is 0 Å². The lowest BCUT2D eigenvalue weighted by Crippen LogP contribution is -2.40. The molecular weight excluding hydrogens is 230 g/mol. The number of carboxylic acids is 1. The molecule has 0 aliphatic heterocycles. The lowest BCUT2D eigenvalue weighted by molar-refractivity contribution is -0.141. The summed E-state index contributed by atoms with van der Waals surface area (Å²) in [6, 6.07) is 7.17. The summed E-state index contributed by atoms with van der Waals surface area (Å²) in [5.41, 5.74) is 2.25. The Balaban J connectivity index is 2.44. The molecule has 0 saturated heterocycles. The van der Waals surface area contributed by atoms with Crippen LogP contribution in [0.1, 0.15) is 30.9 Å². The maximum absolute atomic E-state index is 11.6. The first-order chi connectivity index (χ1) is 8.52. The van der Waals surface area contributed by atoms with Gasteiger partial charge in [0.2, 0.25) is 5.91 Å². The second-order valence-corrected chi connectivity index (χ2v) is 4.36. The normalized spacial score (nSPS) is 11.9. The van der Waals surface area contributed by atoms with Crippen molar-refractivity contribution in [1.29, 1.82) is 0 Å². The zero-order valence-electron chi connectivity index (χ0n) is 10.8. The monoisotopic (exact) mass is 249 g/mol. The molecule has 18 heavy (non-hydrogen) atoms. The summed E-state index contributed by atoms with van der Waals surface area (Å²) in [5, 5.41) is 11.3. The van der Waals surface area contributed by atoms with Crippen LogP contribution in [0.4, 0.5) is 0 Å². The van der Waals surface area contributed by atoms with Gasteiger partial charge in [0.1, 0.15) is 6.04 Å². The Morgan fingerprint density at radius 3 is 2.67 bits per heavy atom. The molecule has 1 unspecified atom stereocenters. The fraction of sp³-hybridized carbons (Fsp3) is 0.429. The lowest BCUT2D eigenvalue weighted by atomic mass is 10.1. The van der Waals surface area contributed by atoms with Crippen LogP contribution in [-0.2, 0) is 16.0 Å². The van der Waals surface area contributed by atoms with Crippen LogP contribution < -0.4 is 5.32 Å². The third-order valence-electron chi connectivity index (χ3n) is 2.76. The number of carbonyl (C=O) groups is 2. The Kier molecular flexibility index (Phi) is 5.36. The maximum Gasteiger partial charge on any atom is 0.326 e. The van der Waals surface area contributed by atoms with Gasteiger partial charge in [-0.1, -0.05) is 36.8 Å². The topological polar surface area (TPSA) is 66.4 Å². The van der Waals surface area contributed by atoms with E-state index >= 15 is 0 Å². The van der Waals surface area contributed by atoms with E-state index in [-0.39, 0.29) is 5.91 Å². The third-order valence-corrected chi connectivity index (χ3v) is 2.76. The van der Waals surface area contributed by atoms with E-state index < -0.39 is 12.0 Å². The van der Waals surface area contributed by atoms with Crippen molar-refractivity contribution >= 4 is 11.9 Å². The molecule has 0 spiro atoms. The molecule has 0 bridgehead atoms. The number of carboxylic acid groups (broad SMARTS) is 1. The highest BCUT2D eigenvalue weighted by atomic mass is 16.4. The molecule has 0 heterocycles. The number of benzene rings is 1. The van der Waals surface area contributed by atoms with Gasteiger partial charge < -0.3 is 10.4 Å². The zero-order chi connectivity index (χ0) is 13.5. The number of amides is 1. The van der Waals surface area contributed by atoms with E-state index in [0.29, 0.717) is 19.3 Å². The SMILES string of the molecule is CCC(NC(=O)CCc1cccc(C)c1)C(=O)O. The molecule has 0 saturated carbocycles. The summed E-state index contributed by atoms with van der Waals surface area (Å²) in [7, 11) is 0. The van der Waals surface area contributed by atoms with Crippen molar-refractivity contribution in [3.8, 4) is 0 Å². The number of aryl methyl sites for hydroxylation is 2. The summed E-state index contributed by atoms with van der Waals surface area (Å²) in [6.45, 7) is 3.74. The maximum atomic E-state index is 11.6. The highest BCUT2D eigenvalue weighted by molar-refractivity contribution is 5.83. The van der Waals surface area contributed by atoms with Gasteiger partial charge in [0.25, 0.3) is 0 Å². The molecule has 4 nitrogen and oxygen atoms in total. The van der Waals surface area contributed by atoms with E-state index in [0.717, 1.165) is 11.1 Å². The average Bonchev–Trinajstić information content (AvgIpc) is 2.33. The molecule has 0 aliphatic carbocycles. The quantitative estimate of drug-likeness (QED) is 0.809. The number of rotatable bonds is 6. The molecule has 98 valence electrons. The van der Waals surface area contributed by atoms with Crippen LogP contribution in [0, 0.1) is 6.92 Å². The van der Waals surface area contributed by atoms with Crippen molar-refractivity contribution in [2.45, 2.75) is 39.2 Å². The number of hydrogen-bond acceptors (Lipinski definition) is 2. The van der Waals surface area contributed by atoms with E-state index in [1.807, 2.05) is 31.2 Å². The molecule has 0 aliphatic rings. The van der Waals surface area contributed by atoms with Gasteiger partial charge in [-0.25, -0.2) is 4.79 Å². The minimum Gasteiger partial charge on any atom is -0.480 e. The van der Waals surface area contributed by atoms with Crippen LogP contribution in [0.25, 0.3) is 0 Å². The number of carbonyl (C=O) groups excluding carboxylic acids is 1.